The minimum Gasteiger partial charge on any atom is -0.466 e. The number of nitro benzene ring substituents is 2. The smallest absolute Gasteiger partial charge is 0.330 e. The summed E-state index contributed by atoms with van der Waals surface area (Å²) in [5, 5.41) is 21.2. The van der Waals surface area contributed by atoms with Crippen molar-refractivity contribution < 1.29 is 19.4 Å². The van der Waals surface area contributed by atoms with Gasteiger partial charge in [-0.2, -0.15) is 0 Å². The molecule has 8 heteroatoms. The number of methoxy groups -OCH3 is 1. The van der Waals surface area contributed by atoms with E-state index in [1.54, 1.807) is 0 Å². The van der Waals surface area contributed by atoms with Crippen LogP contribution in [-0.4, -0.2) is 22.9 Å². The monoisotopic (exact) mass is 252 g/mol. The molecule has 1 aromatic carbocycles. The van der Waals surface area contributed by atoms with Gasteiger partial charge in [0, 0.05) is 12.1 Å². The van der Waals surface area contributed by atoms with Crippen molar-refractivity contribution in [3.8, 4) is 0 Å². The Labute approximate surface area is 101 Å². The molecule has 0 unspecified atom stereocenters. The molecular weight excluding hydrogens is 244 g/mol. The number of benzene rings is 1. The second-order valence-corrected chi connectivity index (χ2v) is 3.11. The fraction of sp³-hybridized carbons (Fsp3) is 0.100. The number of hydrogen-bond donors (Lipinski definition) is 0. The molecule has 94 valence electrons. The van der Waals surface area contributed by atoms with Crippen molar-refractivity contribution in [3.63, 3.8) is 0 Å². The number of carbonyl (C=O) groups excluding carboxylic acids is 1. The Hall–Kier alpha value is -2.77. The molecule has 0 aliphatic heterocycles. The van der Waals surface area contributed by atoms with E-state index < -0.39 is 27.2 Å². The summed E-state index contributed by atoms with van der Waals surface area (Å²) in [4.78, 5) is 30.6. The van der Waals surface area contributed by atoms with Gasteiger partial charge in [-0.1, -0.05) is 0 Å². The highest BCUT2D eigenvalue weighted by atomic mass is 16.6. The number of hydrogen-bond acceptors (Lipinski definition) is 6. The third-order valence-corrected chi connectivity index (χ3v) is 2.02. The van der Waals surface area contributed by atoms with Crippen LogP contribution in [0, 0.1) is 20.2 Å². The molecule has 1 aromatic rings. The molecule has 0 saturated heterocycles. The van der Waals surface area contributed by atoms with Crippen LogP contribution < -0.4 is 0 Å². The third kappa shape index (κ3) is 3.11. The van der Waals surface area contributed by atoms with E-state index in [1.807, 2.05) is 0 Å². The first kappa shape index (κ1) is 13.3. The van der Waals surface area contributed by atoms with Gasteiger partial charge in [-0.3, -0.25) is 20.2 Å². The molecule has 0 saturated carbocycles. The molecule has 8 nitrogen and oxygen atoms in total. The number of carbonyl (C=O) groups is 1. The van der Waals surface area contributed by atoms with E-state index in [0.717, 1.165) is 31.4 Å². The summed E-state index contributed by atoms with van der Waals surface area (Å²) in [7, 11) is 1.16. The highest BCUT2D eigenvalue weighted by Gasteiger charge is 2.17. The Kier molecular flexibility index (Phi) is 4.08. The van der Waals surface area contributed by atoms with Gasteiger partial charge in [-0.15, -0.1) is 0 Å². The van der Waals surface area contributed by atoms with E-state index in [2.05, 4.69) is 4.74 Å². The maximum Gasteiger partial charge on any atom is 0.330 e. The first-order valence-electron chi connectivity index (χ1n) is 4.64. The zero-order chi connectivity index (χ0) is 13.7. The van der Waals surface area contributed by atoms with Gasteiger partial charge >= 0.3 is 5.97 Å². The topological polar surface area (TPSA) is 113 Å². The molecule has 0 spiro atoms. The first-order chi connectivity index (χ1) is 8.45. The van der Waals surface area contributed by atoms with Gasteiger partial charge in [0.2, 0.25) is 0 Å². The zero-order valence-corrected chi connectivity index (χ0v) is 9.23. The van der Waals surface area contributed by atoms with Crippen LogP contribution in [0.1, 0.15) is 5.56 Å². The van der Waals surface area contributed by atoms with Gasteiger partial charge in [0.25, 0.3) is 11.4 Å². The Morgan fingerprint density at radius 2 is 1.94 bits per heavy atom. The third-order valence-electron chi connectivity index (χ3n) is 2.02. The summed E-state index contributed by atoms with van der Waals surface area (Å²) >= 11 is 0. The Morgan fingerprint density at radius 3 is 2.44 bits per heavy atom. The van der Waals surface area contributed by atoms with Crippen LogP contribution in [0.25, 0.3) is 6.08 Å². The van der Waals surface area contributed by atoms with E-state index in [9.17, 15) is 25.0 Å². The Balaban J connectivity index is 3.20. The molecule has 0 bridgehead atoms. The van der Waals surface area contributed by atoms with Crippen LogP contribution in [0.15, 0.2) is 24.3 Å². The summed E-state index contributed by atoms with van der Waals surface area (Å²) < 4.78 is 4.33. The van der Waals surface area contributed by atoms with Crippen LogP contribution in [0.3, 0.4) is 0 Å². The quantitative estimate of drug-likeness (QED) is 0.348. The first-order valence-corrected chi connectivity index (χ1v) is 4.64. The number of non-ortho nitro benzene ring substituents is 1. The van der Waals surface area contributed by atoms with Crippen molar-refractivity contribution in [2.75, 3.05) is 7.11 Å². The standard InChI is InChI=1S/C10H8N2O6/c1-18-10(13)5-3-7-2-4-8(11(14)15)6-9(7)12(16)17/h2-6H,1H3/b5-3+. The van der Waals surface area contributed by atoms with Crippen molar-refractivity contribution in [1.82, 2.24) is 0 Å². The van der Waals surface area contributed by atoms with Gasteiger partial charge in [0.15, 0.2) is 0 Å². The molecule has 0 amide bonds. The number of nitro groups is 2. The normalized spacial score (nSPS) is 10.3. The lowest BCUT2D eigenvalue weighted by molar-refractivity contribution is -0.394. The van der Waals surface area contributed by atoms with Crippen LogP contribution >= 0.6 is 0 Å². The molecular formula is C10H8N2O6. The Bertz CT molecular complexity index is 537. The van der Waals surface area contributed by atoms with Crippen molar-refractivity contribution in [2.45, 2.75) is 0 Å². The highest BCUT2D eigenvalue weighted by molar-refractivity contribution is 5.87. The average Bonchev–Trinajstić information content (AvgIpc) is 2.35. The van der Waals surface area contributed by atoms with Crippen LogP contribution in [0.4, 0.5) is 11.4 Å². The number of nitrogens with zero attached hydrogens (tertiary/aromatic N) is 2. The fourth-order valence-electron chi connectivity index (χ4n) is 1.17. The largest absolute Gasteiger partial charge is 0.466 e. The predicted molar refractivity (Wildman–Crippen MR) is 60.8 cm³/mol. The summed E-state index contributed by atoms with van der Waals surface area (Å²) in [5.41, 5.74) is -0.766. The molecule has 0 aliphatic rings. The molecule has 0 fully saturated rings. The van der Waals surface area contributed by atoms with Crippen LogP contribution in [0.2, 0.25) is 0 Å². The molecule has 0 aromatic heterocycles. The number of esters is 1. The van der Waals surface area contributed by atoms with Crippen molar-refractivity contribution in [3.05, 3.63) is 50.1 Å². The fourth-order valence-corrected chi connectivity index (χ4v) is 1.17. The van der Waals surface area contributed by atoms with E-state index in [4.69, 9.17) is 0 Å². The summed E-state index contributed by atoms with van der Waals surface area (Å²) in [6.07, 6.45) is 2.15. The molecule has 0 atom stereocenters. The lowest BCUT2D eigenvalue weighted by atomic mass is 10.1. The SMILES string of the molecule is COC(=O)/C=C/c1ccc([N+](=O)[O-])cc1[N+](=O)[O-]. The maximum absolute atomic E-state index is 10.9. The van der Waals surface area contributed by atoms with Crippen LogP contribution in [-0.2, 0) is 9.53 Å². The predicted octanol–water partition coefficient (Wildman–Crippen LogP) is 1.69. The molecule has 0 radical (unpaired) electrons. The average molecular weight is 252 g/mol. The summed E-state index contributed by atoms with van der Waals surface area (Å²) in [6, 6.07) is 3.14. The van der Waals surface area contributed by atoms with E-state index >= 15 is 0 Å². The highest BCUT2D eigenvalue weighted by Crippen LogP contribution is 2.25. The number of rotatable bonds is 4. The second kappa shape index (κ2) is 5.53. The Morgan fingerprint density at radius 1 is 1.28 bits per heavy atom. The van der Waals surface area contributed by atoms with Crippen LogP contribution in [0.5, 0.6) is 0 Å². The minimum atomic E-state index is -0.760. The van der Waals surface area contributed by atoms with Crippen molar-refractivity contribution >= 4 is 23.4 Å². The van der Waals surface area contributed by atoms with Gasteiger partial charge in [-0.25, -0.2) is 4.79 Å². The van der Waals surface area contributed by atoms with E-state index in [0.29, 0.717) is 0 Å². The second-order valence-electron chi connectivity index (χ2n) is 3.11. The van der Waals surface area contributed by atoms with Crippen molar-refractivity contribution in [2.24, 2.45) is 0 Å². The van der Waals surface area contributed by atoms with E-state index in [1.165, 1.54) is 6.07 Å². The van der Waals surface area contributed by atoms with Crippen molar-refractivity contribution in [1.29, 1.82) is 0 Å². The van der Waals surface area contributed by atoms with E-state index in [-0.39, 0.29) is 5.56 Å². The maximum atomic E-state index is 10.9. The molecule has 0 heterocycles. The van der Waals surface area contributed by atoms with Gasteiger partial charge in [-0.05, 0) is 12.1 Å². The zero-order valence-electron chi connectivity index (χ0n) is 9.23. The van der Waals surface area contributed by atoms with Gasteiger partial charge < -0.3 is 4.74 Å². The summed E-state index contributed by atoms with van der Waals surface area (Å²) in [5.74, 6) is -0.678. The van der Waals surface area contributed by atoms with Gasteiger partial charge in [0.1, 0.15) is 0 Å². The molecule has 1 rings (SSSR count). The molecule has 0 aliphatic carbocycles. The summed E-state index contributed by atoms with van der Waals surface area (Å²) in [6.45, 7) is 0. The van der Waals surface area contributed by atoms with Gasteiger partial charge in [0.05, 0.1) is 28.6 Å². The molecule has 0 N–H and O–H groups in total. The number of ether oxygens (including phenoxy) is 1. The minimum absolute atomic E-state index is 0.0796. The lowest BCUT2D eigenvalue weighted by Gasteiger charge is -1.97. The lowest BCUT2D eigenvalue weighted by Crippen LogP contribution is -1.96. The molecule has 18 heavy (non-hydrogen) atoms.